The average molecular weight is 385 g/mol. The maximum absolute atomic E-state index is 13.4. The summed E-state index contributed by atoms with van der Waals surface area (Å²) in [7, 11) is 0. The fourth-order valence-electron chi connectivity index (χ4n) is 2.36. The predicted molar refractivity (Wildman–Crippen MR) is 102 cm³/mol. The molecule has 0 fully saturated rings. The fourth-order valence-corrected chi connectivity index (χ4v) is 3.29. The second kappa shape index (κ2) is 7.87. The quantitative estimate of drug-likeness (QED) is 0.551. The third-order valence-electron chi connectivity index (χ3n) is 3.54. The Labute approximate surface area is 157 Å². The van der Waals surface area contributed by atoms with Gasteiger partial charge in [0.15, 0.2) is 0 Å². The first-order chi connectivity index (χ1) is 12.9. The Balaban J connectivity index is 1.81. The predicted octanol–water partition coefficient (Wildman–Crippen LogP) is 1.57. The largest absolute Gasteiger partial charge is 0.402 e. The van der Waals surface area contributed by atoms with Gasteiger partial charge in [-0.1, -0.05) is 0 Å². The number of nitrogens with zero attached hydrogens (tertiary/aromatic N) is 4. The van der Waals surface area contributed by atoms with E-state index in [4.69, 9.17) is 16.9 Å². The van der Waals surface area contributed by atoms with Crippen molar-refractivity contribution in [2.75, 3.05) is 5.73 Å². The number of anilines is 1. The summed E-state index contributed by atoms with van der Waals surface area (Å²) in [6.07, 6.45) is 6.23. The lowest BCUT2D eigenvalue weighted by molar-refractivity contribution is 0.602. The van der Waals surface area contributed by atoms with Gasteiger partial charge in [0, 0.05) is 42.2 Å². The summed E-state index contributed by atoms with van der Waals surface area (Å²) in [5.74, 6) is -0.473. The van der Waals surface area contributed by atoms with Crippen molar-refractivity contribution in [3.63, 3.8) is 0 Å². The lowest BCUT2D eigenvalue weighted by Crippen LogP contribution is -2.23. The zero-order chi connectivity index (χ0) is 19.4. The van der Waals surface area contributed by atoms with Crippen LogP contribution in [0, 0.1) is 11.2 Å². The molecule has 27 heavy (non-hydrogen) atoms. The molecule has 3 heterocycles. The molecular weight excluding hydrogens is 369 g/mol. The Bertz CT molecular complexity index is 1050. The first kappa shape index (κ1) is 18.4. The lowest BCUT2D eigenvalue weighted by atomic mass is 10.3. The van der Waals surface area contributed by atoms with E-state index in [2.05, 4.69) is 15.1 Å². The van der Waals surface area contributed by atoms with Crippen LogP contribution in [0.25, 0.3) is 10.4 Å². The summed E-state index contributed by atoms with van der Waals surface area (Å²) in [6.45, 7) is 0.0139. The highest BCUT2D eigenvalue weighted by atomic mass is 32.1. The van der Waals surface area contributed by atoms with E-state index >= 15 is 0 Å². The molecule has 0 aliphatic carbocycles. The van der Waals surface area contributed by atoms with Gasteiger partial charge in [-0.25, -0.2) is 19.0 Å². The van der Waals surface area contributed by atoms with Crippen molar-refractivity contribution in [3.8, 4) is 10.4 Å². The molecule has 3 rings (SSSR count). The maximum atomic E-state index is 13.4. The number of hydrogen-bond acceptors (Lipinski definition) is 8. The summed E-state index contributed by atoms with van der Waals surface area (Å²) in [5.41, 5.74) is 12.4. The molecule has 0 saturated carbocycles. The molecule has 0 spiro atoms. The van der Waals surface area contributed by atoms with Crippen LogP contribution >= 0.6 is 11.3 Å². The minimum absolute atomic E-state index is 0.0139. The molecule has 138 valence electrons. The molecule has 5 N–H and O–H groups in total. The van der Waals surface area contributed by atoms with Crippen molar-refractivity contribution in [2.24, 2.45) is 5.73 Å². The Hall–Kier alpha value is -3.40. The number of hydrogen-bond donors (Lipinski definition) is 3. The zero-order valence-corrected chi connectivity index (χ0v) is 14.9. The van der Waals surface area contributed by atoms with Crippen LogP contribution in [-0.4, -0.2) is 26.0 Å². The topological polar surface area (TPSA) is 137 Å². The SMILES string of the molecule is N=CC=C(N)Cc1ncc(-c2cnn(Cc3cc(F)cc(N)n3)c(=O)c2)s1. The highest BCUT2D eigenvalue weighted by Gasteiger charge is 2.09. The molecule has 0 unspecified atom stereocenters. The summed E-state index contributed by atoms with van der Waals surface area (Å²) >= 11 is 1.39. The number of nitrogens with two attached hydrogens (primary N) is 2. The third kappa shape index (κ3) is 4.61. The van der Waals surface area contributed by atoms with Crippen molar-refractivity contribution in [1.29, 1.82) is 5.41 Å². The van der Waals surface area contributed by atoms with E-state index < -0.39 is 5.82 Å². The molecule has 0 bridgehead atoms. The van der Waals surface area contributed by atoms with E-state index in [9.17, 15) is 9.18 Å². The number of halogens is 1. The molecule has 0 saturated heterocycles. The van der Waals surface area contributed by atoms with E-state index in [-0.39, 0.29) is 17.9 Å². The molecule has 0 atom stereocenters. The molecule has 0 amide bonds. The molecule has 0 radical (unpaired) electrons. The van der Waals surface area contributed by atoms with Crippen LogP contribution < -0.4 is 17.0 Å². The van der Waals surface area contributed by atoms with E-state index in [0.29, 0.717) is 23.4 Å². The maximum Gasteiger partial charge on any atom is 0.267 e. The number of nitrogens with one attached hydrogen (secondary N) is 1. The van der Waals surface area contributed by atoms with Crippen molar-refractivity contribution in [2.45, 2.75) is 13.0 Å². The fraction of sp³-hybridized carbons (Fsp3) is 0.118. The number of aromatic nitrogens is 4. The molecule has 0 aliphatic rings. The van der Waals surface area contributed by atoms with Gasteiger partial charge in [-0.05, 0) is 12.1 Å². The number of nitrogen functional groups attached to an aromatic ring is 1. The van der Waals surface area contributed by atoms with Gasteiger partial charge in [0.05, 0.1) is 28.3 Å². The second-order valence-electron chi connectivity index (χ2n) is 5.64. The molecule has 0 aromatic carbocycles. The van der Waals surface area contributed by atoms with Crippen LogP contribution in [0.3, 0.4) is 0 Å². The van der Waals surface area contributed by atoms with E-state index in [1.165, 1.54) is 40.4 Å². The van der Waals surface area contributed by atoms with Gasteiger partial charge in [0.1, 0.15) is 11.6 Å². The van der Waals surface area contributed by atoms with Crippen molar-refractivity contribution >= 4 is 23.4 Å². The average Bonchev–Trinajstić information content (AvgIpc) is 3.04. The lowest BCUT2D eigenvalue weighted by Gasteiger charge is -2.06. The minimum atomic E-state index is -0.518. The Morgan fingerprint density at radius 3 is 2.85 bits per heavy atom. The van der Waals surface area contributed by atoms with Crippen LogP contribution in [0.15, 0.2) is 47.2 Å². The van der Waals surface area contributed by atoms with Crippen LogP contribution in [0.2, 0.25) is 0 Å². The van der Waals surface area contributed by atoms with Crippen molar-refractivity contribution in [3.05, 3.63) is 69.2 Å². The number of thiazole rings is 1. The normalized spacial score (nSPS) is 11.5. The van der Waals surface area contributed by atoms with Crippen LogP contribution in [0.4, 0.5) is 10.2 Å². The van der Waals surface area contributed by atoms with Gasteiger partial charge >= 0.3 is 0 Å². The van der Waals surface area contributed by atoms with Crippen LogP contribution in [-0.2, 0) is 13.0 Å². The van der Waals surface area contributed by atoms with E-state index in [1.54, 1.807) is 6.20 Å². The highest BCUT2D eigenvalue weighted by Crippen LogP contribution is 2.25. The summed E-state index contributed by atoms with van der Waals surface area (Å²) in [5, 5.41) is 11.9. The molecule has 10 heteroatoms. The van der Waals surface area contributed by atoms with E-state index in [0.717, 1.165) is 22.2 Å². The van der Waals surface area contributed by atoms with Gasteiger partial charge in [0.25, 0.3) is 5.56 Å². The molecule has 0 aliphatic heterocycles. The minimum Gasteiger partial charge on any atom is -0.402 e. The van der Waals surface area contributed by atoms with Crippen LogP contribution in [0.1, 0.15) is 10.7 Å². The second-order valence-corrected chi connectivity index (χ2v) is 6.76. The molecule has 3 aromatic rings. The number of allylic oxidation sites excluding steroid dienone is 2. The number of pyridine rings is 1. The van der Waals surface area contributed by atoms with Crippen molar-refractivity contribution < 1.29 is 4.39 Å². The monoisotopic (exact) mass is 385 g/mol. The van der Waals surface area contributed by atoms with Crippen LogP contribution in [0.5, 0.6) is 0 Å². The zero-order valence-electron chi connectivity index (χ0n) is 14.1. The molecule has 3 aromatic heterocycles. The summed E-state index contributed by atoms with van der Waals surface area (Å²) in [4.78, 5) is 21.4. The molecular formula is C17H16FN7OS. The van der Waals surface area contributed by atoms with Gasteiger partial charge in [-0.15, -0.1) is 11.3 Å². The Morgan fingerprint density at radius 1 is 1.33 bits per heavy atom. The van der Waals surface area contributed by atoms with Crippen molar-refractivity contribution in [1.82, 2.24) is 19.7 Å². The first-order valence-corrected chi connectivity index (χ1v) is 8.65. The third-order valence-corrected chi connectivity index (χ3v) is 4.58. The van der Waals surface area contributed by atoms with Gasteiger partial charge in [-0.3, -0.25) is 4.79 Å². The Kier molecular flexibility index (Phi) is 5.36. The molecule has 8 nitrogen and oxygen atoms in total. The first-order valence-electron chi connectivity index (χ1n) is 7.84. The van der Waals surface area contributed by atoms with Gasteiger partial charge < -0.3 is 16.9 Å². The Morgan fingerprint density at radius 2 is 2.15 bits per heavy atom. The van der Waals surface area contributed by atoms with E-state index in [1.807, 2.05) is 0 Å². The highest BCUT2D eigenvalue weighted by molar-refractivity contribution is 7.15. The van der Waals surface area contributed by atoms with Gasteiger partial charge in [-0.2, -0.15) is 5.10 Å². The standard InChI is InChI=1S/C17H16FN7OS/c18-11-4-13(24-15(21)5-11)9-25-17(26)3-10(7-23-25)14-8-22-16(27-14)6-12(20)1-2-19/h1-5,7-8,19H,6,9,20H2,(H2,21,24). The smallest absolute Gasteiger partial charge is 0.267 e. The summed E-state index contributed by atoms with van der Waals surface area (Å²) < 4.78 is 14.6. The number of rotatable bonds is 6. The summed E-state index contributed by atoms with van der Waals surface area (Å²) in [6, 6.07) is 3.75. The van der Waals surface area contributed by atoms with Gasteiger partial charge in [0.2, 0.25) is 0 Å².